The van der Waals surface area contributed by atoms with Crippen LogP contribution in [0.5, 0.6) is 0 Å². The molecule has 2 rings (SSSR count). The van der Waals surface area contributed by atoms with Crippen LogP contribution in [0.2, 0.25) is 5.02 Å². The van der Waals surface area contributed by atoms with Gasteiger partial charge in [-0.2, -0.15) is 0 Å². The van der Waals surface area contributed by atoms with E-state index in [1.54, 1.807) is 18.2 Å². The van der Waals surface area contributed by atoms with Crippen LogP contribution in [0.1, 0.15) is 19.4 Å². The van der Waals surface area contributed by atoms with Crippen molar-refractivity contribution in [1.29, 1.82) is 0 Å². The summed E-state index contributed by atoms with van der Waals surface area (Å²) in [6.07, 6.45) is 0. The van der Waals surface area contributed by atoms with Crippen LogP contribution in [0, 0.1) is 17.5 Å². The van der Waals surface area contributed by atoms with Gasteiger partial charge in [-0.15, -0.1) is 0 Å². The lowest BCUT2D eigenvalue weighted by molar-refractivity contribution is 0.496. The molecule has 0 fully saturated rings. The normalized spacial score (nSPS) is 11.2. The summed E-state index contributed by atoms with van der Waals surface area (Å²) in [4.78, 5) is 0. The van der Waals surface area contributed by atoms with Gasteiger partial charge in [-0.25, -0.2) is 13.2 Å². The Hall–Kier alpha value is -1.52. The minimum absolute atomic E-state index is 0.0105. The van der Waals surface area contributed by atoms with Crippen LogP contribution in [0.4, 0.5) is 13.2 Å². The summed E-state index contributed by atoms with van der Waals surface area (Å²) in [5, 5.41) is 3.74. The zero-order valence-corrected chi connectivity index (χ0v) is 12.4. The topological polar surface area (TPSA) is 12.0 Å². The predicted molar refractivity (Wildman–Crippen MR) is 78.7 cm³/mol. The monoisotopic (exact) mass is 313 g/mol. The highest BCUT2D eigenvalue weighted by molar-refractivity contribution is 6.31. The smallest absolute Gasteiger partial charge is 0.161 e. The Bertz CT molecular complexity index is 656. The second-order valence-electron chi connectivity index (χ2n) is 5.09. The second-order valence-corrected chi connectivity index (χ2v) is 5.50. The molecule has 0 amide bonds. The van der Waals surface area contributed by atoms with E-state index in [9.17, 15) is 13.2 Å². The molecule has 0 spiro atoms. The van der Waals surface area contributed by atoms with Gasteiger partial charge < -0.3 is 5.32 Å². The second kappa shape index (κ2) is 6.50. The molecule has 0 saturated carbocycles. The molecule has 2 aromatic carbocycles. The fourth-order valence-corrected chi connectivity index (χ4v) is 2.12. The van der Waals surface area contributed by atoms with Gasteiger partial charge in [0.1, 0.15) is 5.82 Å². The van der Waals surface area contributed by atoms with Gasteiger partial charge in [-0.1, -0.05) is 31.5 Å². The minimum Gasteiger partial charge on any atom is -0.310 e. The molecule has 0 aliphatic carbocycles. The zero-order chi connectivity index (χ0) is 15.6. The lowest BCUT2D eigenvalue weighted by Gasteiger charge is -2.12. The highest BCUT2D eigenvalue weighted by Crippen LogP contribution is 2.28. The predicted octanol–water partition coefficient (Wildman–Crippen LogP) is 4.92. The van der Waals surface area contributed by atoms with Gasteiger partial charge in [0.2, 0.25) is 0 Å². The maximum Gasteiger partial charge on any atom is 0.161 e. The van der Waals surface area contributed by atoms with E-state index in [1.165, 1.54) is 0 Å². The van der Waals surface area contributed by atoms with E-state index in [0.29, 0.717) is 23.2 Å². The highest BCUT2D eigenvalue weighted by Gasteiger charge is 2.13. The van der Waals surface area contributed by atoms with Gasteiger partial charge in [0, 0.05) is 29.2 Å². The summed E-state index contributed by atoms with van der Waals surface area (Å²) in [5.74, 6) is -3.09. The van der Waals surface area contributed by atoms with E-state index in [2.05, 4.69) is 5.32 Å². The van der Waals surface area contributed by atoms with Crippen molar-refractivity contribution >= 4 is 11.6 Å². The molecule has 0 heterocycles. The molecule has 0 atom stereocenters. The Morgan fingerprint density at radius 2 is 1.67 bits per heavy atom. The number of rotatable bonds is 4. The SMILES string of the molecule is CC(C)NCc1cc(-c2cc(F)c(F)cc2F)ccc1Cl. The molecule has 112 valence electrons. The number of benzene rings is 2. The largest absolute Gasteiger partial charge is 0.310 e. The Morgan fingerprint density at radius 1 is 1.00 bits per heavy atom. The van der Waals surface area contributed by atoms with Crippen LogP contribution in [-0.2, 0) is 6.54 Å². The summed E-state index contributed by atoms with van der Waals surface area (Å²) in [6, 6.07) is 6.54. The van der Waals surface area contributed by atoms with Crippen LogP contribution in [0.25, 0.3) is 11.1 Å². The molecule has 21 heavy (non-hydrogen) atoms. The third kappa shape index (κ3) is 3.77. The Balaban J connectivity index is 2.41. The summed E-state index contributed by atoms with van der Waals surface area (Å²) >= 11 is 6.10. The van der Waals surface area contributed by atoms with Crippen LogP contribution in [0.3, 0.4) is 0 Å². The average molecular weight is 314 g/mol. The summed E-state index contributed by atoms with van der Waals surface area (Å²) in [6.45, 7) is 4.50. The van der Waals surface area contributed by atoms with E-state index < -0.39 is 17.5 Å². The molecule has 0 radical (unpaired) electrons. The van der Waals surface area contributed by atoms with Gasteiger partial charge in [0.05, 0.1) is 0 Å². The molecule has 1 nitrogen and oxygen atoms in total. The molecule has 0 bridgehead atoms. The number of nitrogens with one attached hydrogen (secondary N) is 1. The molecule has 5 heteroatoms. The van der Waals surface area contributed by atoms with Gasteiger partial charge in [-0.3, -0.25) is 0 Å². The first kappa shape index (κ1) is 15.9. The van der Waals surface area contributed by atoms with E-state index in [1.807, 2.05) is 13.8 Å². The minimum atomic E-state index is -1.20. The van der Waals surface area contributed by atoms with Gasteiger partial charge in [0.25, 0.3) is 0 Å². The zero-order valence-electron chi connectivity index (χ0n) is 11.7. The van der Waals surface area contributed by atoms with E-state index in [4.69, 9.17) is 11.6 Å². The third-order valence-electron chi connectivity index (χ3n) is 3.07. The molecule has 2 aromatic rings. The van der Waals surface area contributed by atoms with Crippen LogP contribution < -0.4 is 5.32 Å². The van der Waals surface area contributed by atoms with Crippen molar-refractivity contribution in [2.75, 3.05) is 0 Å². The first-order valence-electron chi connectivity index (χ1n) is 6.55. The number of hydrogen-bond acceptors (Lipinski definition) is 1. The summed E-state index contributed by atoms with van der Waals surface area (Å²) in [7, 11) is 0. The lowest BCUT2D eigenvalue weighted by Crippen LogP contribution is -2.22. The average Bonchev–Trinajstić information content (AvgIpc) is 2.42. The Morgan fingerprint density at radius 3 is 2.33 bits per heavy atom. The van der Waals surface area contributed by atoms with E-state index >= 15 is 0 Å². The maximum absolute atomic E-state index is 13.8. The van der Waals surface area contributed by atoms with E-state index in [-0.39, 0.29) is 11.6 Å². The van der Waals surface area contributed by atoms with Gasteiger partial charge in [0.15, 0.2) is 11.6 Å². The quantitative estimate of drug-likeness (QED) is 0.790. The molecular formula is C16H15ClF3N. The first-order valence-corrected chi connectivity index (χ1v) is 6.93. The third-order valence-corrected chi connectivity index (χ3v) is 3.44. The molecule has 0 aliphatic heterocycles. The maximum atomic E-state index is 13.8. The van der Waals surface area contributed by atoms with Crippen molar-refractivity contribution in [3.63, 3.8) is 0 Å². The standard InChI is InChI=1S/C16H15ClF3N/c1-9(2)21-8-11-5-10(3-4-13(11)17)12-6-15(19)16(20)7-14(12)18/h3-7,9,21H,8H2,1-2H3. The van der Waals surface area contributed by atoms with Crippen LogP contribution in [0.15, 0.2) is 30.3 Å². The highest BCUT2D eigenvalue weighted by atomic mass is 35.5. The lowest BCUT2D eigenvalue weighted by atomic mass is 10.0. The molecule has 0 aromatic heterocycles. The first-order chi connectivity index (χ1) is 9.88. The Kier molecular flexibility index (Phi) is 4.91. The van der Waals surface area contributed by atoms with Crippen molar-refractivity contribution in [2.45, 2.75) is 26.4 Å². The van der Waals surface area contributed by atoms with Crippen LogP contribution >= 0.6 is 11.6 Å². The van der Waals surface area contributed by atoms with Crippen molar-refractivity contribution in [2.24, 2.45) is 0 Å². The van der Waals surface area contributed by atoms with Crippen molar-refractivity contribution < 1.29 is 13.2 Å². The molecular weight excluding hydrogens is 299 g/mol. The van der Waals surface area contributed by atoms with Crippen molar-refractivity contribution in [3.8, 4) is 11.1 Å². The summed E-state index contributed by atoms with van der Waals surface area (Å²) in [5.41, 5.74) is 1.24. The fraction of sp³-hybridized carbons (Fsp3) is 0.250. The number of hydrogen-bond donors (Lipinski definition) is 1. The molecule has 0 unspecified atom stereocenters. The van der Waals surface area contributed by atoms with Crippen LogP contribution in [-0.4, -0.2) is 6.04 Å². The molecule has 0 aliphatic rings. The fourth-order valence-electron chi connectivity index (χ4n) is 1.94. The molecule has 1 N–H and O–H groups in total. The van der Waals surface area contributed by atoms with Gasteiger partial charge >= 0.3 is 0 Å². The van der Waals surface area contributed by atoms with Crippen molar-refractivity contribution in [3.05, 3.63) is 58.4 Å². The number of halogens is 4. The van der Waals surface area contributed by atoms with E-state index in [0.717, 1.165) is 11.6 Å². The summed E-state index contributed by atoms with van der Waals surface area (Å²) < 4.78 is 40.1. The molecule has 0 saturated heterocycles. The van der Waals surface area contributed by atoms with Crippen molar-refractivity contribution in [1.82, 2.24) is 5.32 Å². The Labute approximate surface area is 126 Å². The van der Waals surface area contributed by atoms with Gasteiger partial charge in [-0.05, 0) is 29.3 Å².